The van der Waals surface area contributed by atoms with Crippen LogP contribution in [0.2, 0.25) is 0 Å². The van der Waals surface area contributed by atoms with E-state index in [0.717, 1.165) is 51.4 Å². The van der Waals surface area contributed by atoms with Gasteiger partial charge in [0.1, 0.15) is 0 Å². The summed E-state index contributed by atoms with van der Waals surface area (Å²) < 4.78 is 5.38. The van der Waals surface area contributed by atoms with E-state index in [4.69, 9.17) is 4.74 Å². The molecule has 2 aliphatic heterocycles. The molecule has 2 heterocycles. The van der Waals surface area contributed by atoms with Gasteiger partial charge in [0, 0.05) is 45.8 Å². The number of aliphatic imine (C=N–C) groups is 1. The van der Waals surface area contributed by atoms with E-state index >= 15 is 0 Å². The van der Waals surface area contributed by atoms with Gasteiger partial charge in [-0.05, 0) is 52.1 Å². The van der Waals surface area contributed by atoms with E-state index in [2.05, 4.69) is 32.3 Å². The molecule has 0 aromatic rings. The van der Waals surface area contributed by atoms with Crippen LogP contribution >= 0.6 is 24.0 Å². The second kappa shape index (κ2) is 14.9. The summed E-state index contributed by atoms with van der Waals surface area (Å²) in [5, 5.41) is 6.89. The number of guanidine groups is 1. The van der Waals surface area contributed by atoms with Crippen LogP contribution in [0, 0.1) is 0 Å². The van der Waals surface area contributed by atoms with Crippen LogP contribution < -0.4 is 10.6 Å². The summed E-state index contributed by atoms with van der Waals surface area (Å²) in [6.07, 6.45) is 7.73. The first-order chi connectivity index (χ1) is 12.3. The normalized spacial score (nSPS) is 22.7. The van der Waals surface area contributed by atoms with Crippen LogP contribution in [0.25, 0.3) is 0 Å². The van der Waals surface area contributed by atoms with Crippen LogP contribution in [0.1, 0.15) is 45.4 Å². The number of piperidine rings is 1. The van der Waals surface area contributed by atoms with Gasteiger partial charge in [0.2, 0.25) is 0 Å². The van der Waals surface area contributed by atoms with Crippen molar-refractivity contribution in [1.29, 1.82) is 0 Å². The molecule has 0 saturated carbocycles. The molecule has 1 atom stereocenters. The lowest BCUT2D eigenvalue weighted by molar-refractivity contribution is 0.0372. The maximum Gasteiger partial charge on any atom is 0.190 e. The highest BCUT2D eigenvalue weighted by atomic mass is 127. The SMILES string of the molecule is CN=C(NCCCCN1CCOCC1)NCCCN1CCCCC1C.I. The monoisotopic (exact) mass is 481 g/mol. The van der Waals surface area contributed by atoms with Gasteiger partial charge < -0.3 is 20.3 Å². The third-order valence-corrected chi connectivity index (χ3v) is 5.38. The van der Waals surface area contributed by atoms with Crippen molar-refractivity contribution in [1.82, 2.24) is 20.4 Å². The number of ether oxygens (including phenoxy) is 1. The number of unbranched alkanes of at least 4 members (excludes halogenated alkanes) is 1. The standard InChI is InChI=1S/C19H39N5O.HI/c1-18-8-3-5-12-24(18)13-7-10-22-19(20-2)21-9-4-6-11-23-14-16-25-17-15-23;/h18H,3-17H2,1-2H3,(H2,20,21,22);1H. The number of hydrogen-bond acceptors (Lipinski definition) is 4. The van der Waals surface area contributed by atoms with Gasteiger partial charge in [-0.3, -0.25) is 9.89 Å². The quantitative estimate of drug-likeness (QED) is 0.229. The molecular weight excluding hydrogens is 441 g/mol. The Hall–Kier alpha value is -0.120. The van der Waals surface area contributed by atoms with Crippen LogP contribution in [-0.4, -0.2) is 87.9 Å². The lowest BCUT2D eigenvalue weighted by Gasteiger charge is -2.33. The minimum Gasteiger partial charge on any atom is -0.379 e. The summed E-state index contributed by atoms with van der Waals surface area (Å²) in [6, 6.07) is 0.762. The molecule has 6 nitrogen and oxygen atoms in total. The Morgan fingerprint density at radius 2 is 1.73 bits per heavy atom. The molecule has 7 heteroatoms. The molecular formula is C19H40IN5O. The fourth-order valence-electron chi connectivity index (χ4n) is 3.69. The van der Waals surface area contributed by atoms with E-state index in [0.29, 0.717) is 0 Å². The maximum atomic E-state index is 5.38. The molecule has 0 spiro atoms. The predicted molar refractivity (Wildman–Crippen MR) is 121 cm³/mol. The average molecular weight is 481 g/mol. The van der Waals surface area contributed by atoms with Gasteiger partial charge in [-0.2, -0.15) is 0 Å². The summed E-state index contributed by atoms with van der Waals surface area (Å²) in [5.41, 5.74) is 0. The van der Waals surface area contributed by atoms with E-state index in [-0.39, 0.29) is 24.0 Å². The summed E-state index contributed by atoms with van der Waals surface area (Å²) in [6.45, 7) is 12.0. The number of morpholine rings is 1. The highest BCUT2D eigenvalue weighted by molar-refractivity contribution is 14.0. The van der Waals surface area contributed by atoms with Crippen molar-refractivity contribution in [3.63, 3.8) is 0 Å². The number of likely N-dealkylation sites (tertiary alicyclic amines) is 1. The first kappa shape index (κ1) is 23.9. The minimum atomic E-state index is 0. The summed E-state index contributed by atoms with van der Waals surface area (Å²) in [4.78, 5) is 9.46. The largest absolute Gasteiger partial charge is 0.379 e. The molecule has 0 aliphatic carbocycles. The molecule has 1 unspecified atom stereocenters. The average Bonchev–Trinajstić information content (AvgIpc) is 2.65. The fraction of sp³-hybridized carbons (Fsp3) is 0.947. The van der Waals surface area contributed by atoms with Crippen LogP contribution in [0.4, 0.5) is 0 Å². The Balaban J connectivity index is 0.00000338. The predicted octanol–water partition coefficient (Wildman–Crippen LogP) is 2.15. The van der Waals surface area contributed by atoms with E-state index in [1.165, 1.54) is 58.2 Å². The first-order valence-electron chi connectivity index (χ1n) is 10.3. The van der Waals surface area contributed by atoms with Crippen molar-refractivity contribution in [3.05, 3.63) is 0 Å². The zero-order valence-electron chi connectivity index (χ0n) is 16.8. The molecule has 2 fully saturated rings. The molecule has 2 aliphatic rings. The molecule has 0 aromatic heterocycles. The second-order valence-corrected chi connectivity index (χ2v) is 7.32. The van der Waals surface area contributed by atoms with Crippen LogP contribution in [0.15, 0.2) is 4.99 Å². The van der Waals surface area contributed by atoms with Crippen molar-refractivity contribution in [3.8, 4) is 0 Å². The Kier molecular flexibility index (Phi) is 13.7. The summed E-state index contributed by atoms with van der Waals surface area (Å²) >= 11 is 0. The van der Waals surface area contributed by atoms with Crippen LogP contribution in [0.5, 0.6) is 0 Å². The van der Waals surface area contributed by atoms with Crippen LogP contribution in [-0.2, 0) is 4.74 Å². The Morgan fingerprint density at radius 3 is 2.42 bits per heavy atom. The second-order valence-electron chi connectivity index (χ2n) is 7.32. The number of nitrogens with one attached hydrogen (secondary N) is 2. The van der Waals surface area contributed by atoms with Crippen molar-refractivity contribution >= 4 is 29.9 Å². The van der Waals surface area contributed by atoms with Gasteiger partial charge in [0.05, 0.1) is 13.2 Å². The van der Waals surface area contributed by atoms with E-state index < -0.39 is 0 Å². The lowest BCUT2D eigenvalue weighted by atomic mass is 10.0. The number of rotatable bonds is 9. The van der Waals surface area contributed by atoms with Gasteiger partial charge in [-0.25, -0.2) is 0 Å². The van der Waals surface area contributed by atoms with Crippen molar-refractivity contribution in [2.45, 2.75) is 51.5 Å². The molecule has 2 N–H and O–H groups in total. The summed E-state index contributed by atoms with van der Waals surface area (Å²) in [5.74, 6) is 0.943. The van der Waals surface area contributed by atoms with Crippen LogP contribution in [0.3, 0.4) is 0 Å². The zero-order chi connectivity index (χ0) is 17.7. The zero-order valence-corrected chi connectivity index (χ0v) is 19.2. The molecule has 0 amide bonds. The Labute approximate surface area is 177 Å². The molecule has 26 heavy (non-hydrogen) atoms. The Morgan fingerprint density at radius 1 is 1.00 bits per heavy atom. The van der Waals surface area contributed by atoms with Gasteiger partial charge in [0.25, 0.3) is 0 Å². The molecule has 0 bridgehead atoms. The first-order valence-corrected chi connectivity index (χ1v) is 10.3. The molecule has 0 aromatic carbocycles. The van der Waals surface area contributed by atoms with Gasteiger partial charge in [-0.15, -0.1) is 24.0 Å². The molecule has 2 rings (SSSR count). The van der Waals surface area contributed by atoms with E-state index in [1.54, 1.807) is 0 Å². The van der Waals surface area contributed by atoms with Crippen molar-refractivity contribution in [2.24, 2.45) is 4.99 Å². The third-order valence-electron chi connectivity index (χ3n) is 5.38. The molecule has 0 radical (unpaired) electrons. The molecule has 154 valence electrons. The minimum absolute atomic E-state index is 0. The maximum absolute atomic E-state index is 5.38. The lowest BCUT2D eigenvalue weighted by Crippen LogP contribution is -2.41. The number of halogens is 1. The third kappa shape index (κ3) is 9.71. The fourth-order valence-corrected chi connectivity index (χ4v) is 3.69. The topological polar surface area (TPSA) is 52.1 Å². The summed E-state index contributed by atoms with van der Waals surface area (Å²) in [7, 11) is 1.86. The number of hydrogen-bond donors (Lipinski definition) is 2. The van der Waals surface area contributed by atoms with Gasteiger partial charge in [0.15, 0.2) is 5.96 Å². The van der Waals surface area contributed by atoms with Gasteiger partial charge in [-0.1, -0.05) is 6.42 Å². The van der Waals surface area contributed by atoms with E-state index in [9.17, 15) is 0 Å². The smallest absolute Gasteiger partial charge is 0.190 e. The highest BCUT2D eigenvalue weighted by Crippen LogP contribution is 2.15. The van der Waals surface area contributed by atoms with Crippen molar-refractivity contribution < 1.29 is 4.74 Å². The van der Waals surface area contributed by atoms with E-state index in [1.807, 2.05) is 7.05 Å². The Bertz CT molecular complexity index is 377. The highest BCUT2D eigenvalue weighted by Gasteiger charge is 2.17. The van der Waals surface area contributed by atoms with Gasteiger partial charge >= 0.3 is 0 Å². The van der Waals surface area contributed by atoms with Crippen molar-refractivity contribution in [2.75, 3.05) is 66.1 Å². The number of nitrogens with zero attached hydrogens (tertiary/aromatic N) is 3. The molecule has 2 saturated heterocycles.